The standard InChI is InChI=1S/C26H28N6O/c1-19-16-31(18-27-19)23-11-9-21(15-25(23)33-3)22-10-12-26(29-28-22)32-14-13-30(2)17-24(32)20-7-5-4-6-8-20/h4-12,15-16,18,24H,13-14,17H2,1-3H3. The van der Waals surface area contributed by atoms with Crippen LogP contribution in [0.25, 0.3) is 16.9 Å². The molecule has 7 nitrogen and oxygen atoms in total. The van der Waals surface area contributed by atoms with Gasteiger partial charge >= 0.3 is 0 Å². The van der Waals surface area contributed by atoms with Crippen molar-refractivity contribution in [2.75, 3.05) is 38.7 Å². The van der Waals surface area contributed by atoms with Gasteiger partial charge in [0.15, 0.2) is 5.82 Å². The van der Waals surface area contributed by atoms with Gasteiger partial charge in [-0.3, -0.25) is 0 Å². The number of piperazine rings is 1. The van der Waals surface area contributed by atoms with Crippen LogP contribution in [0.3, 0.4) is 0 Å². The molecule has 0 radical (unpaired) electrons. The predicted molar refractivity (Wildman–Crippen MR) is 130 cm³/mol. The van der Waals surface area contributed by atoms with Gasteiger partial charge < -0.3 is 19.1 Å². The van der Waals surface area contributed by atoms with Gasteiger partial charge in [-0.05, 0) is 43.8 Å². The maximum absolute atomic E-state index is 5.65. The van der Waals surface area contributed by atoms with Crippen molar-refractivity contribution in [3.05, 3.63) is 84.4 Å². The van der Waals surface area contributed by atoms with Gasteiger partial charge in [-0.25, -0.2) is 4.98 Å². The largest absolute Gasteiger partial charge is 0.495 e. The van der Waals surface area contributed by atoms with Gasteiger partial charge in [0.25, 0.3) is 0 Å². The highest BCUT2D eigenvalue weighted by Gasteiger charge is 2.27. The van der Waals surface area contributed by atoms with Crippen LogP contribution in [0.2, 0.25) is 0 Å². The number of aryl methyl sites for hydroxylation is 1. The summed E-state index contributed by atoms with van der Waals surface area (Å²) >= 11 is 0. The van der Waals surface area contributed by atoms with E-state index in [0.717, 1.165) is 53.8 Å². The third-order valence-electron chi connectivity index (χ3n) is 6.18. The Balaban J connectivity index is 1.42. The molecule has 1 saturated heterocycles. The lowest BCUT2D eigenvalue weighted by molar-refractivity contribution is 0.268. The lowest BCUT2D eigenvalue weighted by Crippen LogP contribution is -2.47. The van der Waals surface area contributed by atoms with E-state index in [2.05, 4.69) is 68.4 Å². The van der Waals surface area contributed by atoms with Gasteiger partial charge in [0.05, 0.1) is 36.6 Å². The number of aromatic nitrogens is 4. The molecule has 5 rings (SSSR count). The summed E-state index contributed by atoms with van der Waals surface area (Å²) in [6.07, 6.45) is 3.77. The molecule has 0 aliphatic carbocycles. The minimum atomic E-state index is 0.253. The Morgan fingerprint density at radius 2 is 1.82 bits per heavy atom. The van der Waals surface area contributed by atoms with E-state index < -0.39 is 0 Å². The molecule has 2 aromatic heterocycles. The lowest BCUT2D eigenvalue weighted by atomic mass is 10.0. The van der Waals surface area contributed by atoms with E-state index in [9.17, 15) is 0 Å². The van der Waals surface area contributed by atoms with Gasteiger partial charge in [-0.15, -0.1) is 10.2 Å². The van der Waals surface area contributed by atoms with E-state index in [1.165, 1.54) is 5.56 Å². The number of imidazole rings is 1. The van der Waals surface area contributed by atoms with Crippen LogP contribution in [0.5, 0.6) is 5.75 Å². The topological polar surface area (TPSA) is 59.3 Å². The first-order valence-corrected chi connectivity index (χ1v) is 11.2. The van der Waals surface area contributed by atoms with Crippen molar-refractivity contribution < 1.29 is 4.74 Å². The Morgan fingerprint density at radius 3 is 2.52 bits per heavy atom. The van der Waals surface area contributed by atoms with E-state index in [0.29, 0.717) is 0 Å². The molecule has 1 fully saturated rings. The molecule has 2 aromatic carbocycles. The van der Waals surface area contributed by atoms with Crippen LogP contribution in [-0.4, -0.2) is 58.4 Å². The lowest BCUT2D eigenvalue weighted by Gasteiger charge is -2.40. The summed E-state index contributed by atoms with van der Waals surface area (Å²) < 4.78 is 7.62. The number of nitrogens with zero attached hydrogens (tertiary/aromatic N) is 6. The van der Waals surface area contributed by atoms with E-state index in [4.69, 9.17) is 4.74 Å². The smallest absolute Gasteiger partial charge is 0.151 e. The zero-order valence-electron chi connectivity index (χ0n) is 19.2. The minimum absolute atomic E-state index is 0.253. The average molecular weight is 441 g/mol. The first-order valence-electron chi connectivity index (χ1n) is 11.2. The third-order valence-corrected chi connectivity index (χ3v) is 6.18. The number of hydrogen-bond acceptors (Lipinski definition) is 6. The molecule has 7 heteroatoms. The number of methoxy groups -OCH3 is 1. The number of likely N-dealkylation sites (N-methyl/N-ethyl adjacent to an activating group) is 1. The highest BCUT2D eigenvalue weighted by Crippen LogP contribution is 2.32. The van der Waals surface area contributed by atoms with Crippen LogP contribution in [0, 0.1) is 6.92 Å². The van der Waals surface area contributed by atoms with Crippen molar-refractivity contribution in [1.82, 2.24) is 24.6 Å². The van der Waals surface area contributed by atoms with Gasteiger partial charge in [-0.1, -0.05) is 36.4 Å². The fourth-order valence-electron chi connectivity index (χ4n) is 4.39. The van der Waals surface area contributed by atoms with Crippen molar-refractivity contribution in [1.29, 1.82) is 0 Å². The summed E-state index contributed by atoms with van der Waals surface area (Å²) in [6, 6.07) is 21.1. The molecule has 1 unspecified atom stereocenters. The zero-order valence-corrected chi connectivity index (χ0v) is 19.2. The molecular formula is C26H28N6O. The Kier molecular flexibility index (Phi) is 5.79. The number of rotatable bonds is 5. The predicted octanol–water partition coefficient (Wildman–Crippen LogP) is 4.14. The molecule has 1 atom stereocenters. The van der Waals surface area contributed by atoms with Gasteiger partial charge in [0, 0.05) is 31.4 Å². The van der Waals surface area contributed by atoms with Crippen molar-refractivity contribution >= 4 is 5.82 Å². The van der Waals surface area contributed by atoms with Crippen molar-refractivity contribution in [2.24, 2.45) is 0 Å². The van der Waals surface area contributed by atoms with Crippen LogP contribution in [0.15, 0.2) is 73.2 Å². The second kappa shape index (κ2) is 9.03. The number of hydrogen-bond donors (Lipinski definition) is 0. The molecule has 0 bridgehead atoms. The highest BCUT2D eigenvalue weighted by molar-refractivity contribution is 5.66. The second-order valence-electron chi connectivity index (χ2n) is 8.47. The molecular weight excluding hydrogens is 412 g/mol. The van der Waals surface area contributed by atoms with Gasteiger partial charge in [0.2, 0.25) is 0 Å². The van der Waals surface area contributed by atoms with Gasteiger partial charge in [0.1, 0.15) is 5.75 Å². The fraction of sp³-hybridized carbons (Fsp3) is 0.269. The fourth-order valence-corrected chi connectivity index (χ4v) is 4.39. The first-order chi connectivity index (χ1) is 16.1. The Morgan fingerprint density at radius 1 is 0.970 bits per heavy atom. The Hall–Kier alpha value is -3.71. The van der Waals surface area contributed by atoms with Crippen molar-refractivity contribution in [3.8, 4) is 22.7 Å². The second-order valence-corrected chi connectivity index (χ2v) is 8.47. The molecule has 4 aromatic rings. The number of benzene rings is 2. The molecule has 1 aliphatic rings. The van der Waals surface area contributed by atoms with Crippen LogP contribution in [0.1, 0.15) is 17.3 Å². The summed E-state index contributed by atoms with van der Waals surface area (Å²) in [5.41, 5.74) is 4.97. The van der Waals surface area contributed by atoms with Crippen LogP contribution in [0.4, 0.5) is 5.82 Å². The van der Waals surface area contributed by atoms with Crippen LogP contribution >= 0.6 is 0 Å². The zero-order chi connectivity index (χ0) is 22.8. The Bertz CT molecular complexity index is 1220. The molecule has 0 spiro atoms. The van der Waals surface area contributed by atoms with E-state index >= 15 is 0 Å². The van der Waals surface area contributed by atoms with E-state index in [1.54, 1.807) is 13.4 Å². The highest BCUT2D eigenvalue weighted by atomic mass is 16.5. The summed E-state index contributed by atoms with van der Waals surface area (Å²) in [7, 11) is 3.85. The van der Waals surface area contributed by atoms with Crippen molar-refractivity contribution in [2.45, 2.75) is 13.0 Å². The van der Waals surface area contributed by atoms with Gasteiger partial charge in [-0.2, -0.15) is 0 Å². The average Bonchev–Trinajstić information content (AvgIpc) is 3.30. The summed E-state index contributed by atoms with van der Waals surface area (Å²) in [6.45, 7) is 4.84. The molecule has 3 heterocycles. The first kappa shape index (κ1) is 21.2. The molecule has 168 valence electrons. The molecule has 0 amide bonds. The summed E-state index contributed by atoms with van der Waals surface area (Å²) in [4.78, 5) is 9.04. The summed E-state index contributed by atoms with van der Waals surface area (Å²) in [5, 5.41) is 9.19. The monoisotopic (exact) mass is 440 g/mol. The number of anilines is 1. The van der Waals surface area contributed by atoms with Crippen LogP contribution in [-0.2, 0) is 0 Å². The van der Waals surface area contributed by atoms with E-state index in [1.807, 2.05) is 42.0 Å². The minimum Gasteiger partial charge on any atom is -0.495 e. The van der Waals surface area contributed by atoms with E-state index in [-0.39, 0.29) is 6.04 Å². The molecule has 1 aliphatic heterocycles. The quantitative estimate of drug-likeness (QED) is 0.465. The van der Waals surface area contributed by atoms with Crippen molar-refractivity contribution in [3.63, 3.8) is 0 Å². The Labute approximate surface area is 194 Å². The summed E-state index contributed by atoms with van der Waals surface area (Å²) in [5.74, 6) is 1.66. The molecule has 0 saturated carbocycles. The maximum Gasteiger partial charge on any atom is 0.151 e. The number of ether oxygens (including phenoxy) is 1. The molecule has 0 N–H and O–H groups in total. The van der Waals surface area contributed by atoms with Crippen LogP contribution < -0.4 is 9.64 Å². The normalized spacial score (nSPS) is 16.7. The third kappa shape index (κ3) is 4.32. The maximum atomic E-state index is 5.65. The molecule has 33 heavy (non-hydrogen) atoms. The SMILES string of the molecule is COc1cc(-c2ccc(N3CCN(C)CC3c3ccccc3)nn2)ccc1-n1cnc(C)c1.